The number of fused-ring (bicyclic) bond motifs is 9. The number of furan rings is 1. The van der Waals surface area contributed by atoms with Gasteiger partial charge in [0.1, 0.15) is 17.0 Å². The summed E-state index contributed by atoms with van der Waals surface area (Å²) in [7, 11) is 0. The molecule has 366 valence electrons. The summed E-state index contributed by atoms with van der Waals surface area (Å²) in [6, 6.07) is 48.7. The average Bonchev–Trinajstić information content (AvgIpc) is 4.12. The maximum atomic E-state index is 6.67. The quantitative estimate of drug-likeness (QED) is 0.159. The minimum atomic E-state index is -0.552. The Kier molecular flexibility index (Phi) is 11.0. The maximum Gasteiger partial charge on any atom is 0.167 e. The fourth-order valence-electron chi connectivity index (χ4n) is 11.3. The fraction of sp³-hybridized carbons (Fsp3) is 0.235. The number of hydrogen-bond acceptors (Lipinski definition) is 5. The summed E-state index contributed by atoms with van der Waals surface area (Å²) in [5.41, 5.74) is 21.0. The monoisotopic (exact) mass is 966 g/mol. The van der Waals surface area contributed by atoms with Crippen molar-refractivity contribution in [2.45, 2.75) is 88.0 Å². The SMILES string of the molecule is CC1=C(/C=C(\C)C(C)(C)C)C2(C3=CC(C)CC=C3c3ccc(-c4nc(-c5ccc(-n6c(-c7ccccc7)nc7ccccc76)cc5)nc(-c5cccc6c5oc5ccccc56)n4)cc32)C(/C=C(\C)C(C)(C)C)=C1C. The third kappa shape index (κ3) is 7.51. The van der Waals surface area contributed by atoms with Crippen molar-refractivity contribution in [3.63, 3.8) is 0 Å². The van der Waals surface area contributed by atoms with Gasteiger partial charge in [0, 0.05) is 33.2 Å². The highest BCUT2D eigenvalue weighted by Gasteiger charge is 2.54. The van der Waals surface area contributed by atoms with Crippen LogP contribution in [0.3, 0.4) is 0 Å². The van der Waals surface area contributed by atoms with Crippen molar-refractivity contribution in [1.29, 1.82) is 0 Å². The molecule has 6 aromatic carbocycles. The van der Waals surface area contributed by atoms with Crippen molar-refractivity contribution in [3.8, 4) is 51.2 Å². The molecule has 3 aliphatic rings. The molecule has 3 aliphatic carbocycles. The van der Waals surface area contributed by atoms with Gasteiger partial charge in [-0.3, -0.25) is 4.57 Å². The van der Waals surface area contributed by atoms with Gasteiger partial charge in [0.2, 0.25) is 0 Å². The number of imidazole rings is 1. The summed E-state index contributed by atoms with van der Waals surface area (Å²) in [5.74, 6) is 3.00. The van der Waals surface area contributed by atoms with Crippen LogP contribution in [0.4, 0.5) is 0 Å². The zero-order chi connectivity index (χ0) is 51.4. The van der Waals surface area contributed by atoms with Gasteiger partial charge in [0.05, 0.1) is 22.0 Å². The van der Waals surface area contributed by atoms with E-state index < -0.39 is 5.41 Å². The molecule has 74 heavy (non-hydrogen) atoms. The summed E-state index contributed by atoms with van der Waals surface area (Å²) in [6.45, 7) is 25.6. The van der Waals surface area contributed by atoms with Crippen molar-refractivity contribution in [2.24, 2.45) is 16.7 Å². The van der Waals surface area contributed by atoms with Gasteiger partial charge in [-0.1, -0.05) is 169 Å². The third-order valence-electron chi connectivity index (χ3n) is 16.3. The second-order valence-corrected chi connectivity index (χ2v) is 22.9. The normalized spacial score (nSPS) is 17.0. The first kappa shape index (κ1) is 47.1. The predicted octanol–water partition coefficient (Wildman–Crippen LogP) is 18.0. The second-order valence-electron chi connectivity index (χ2n) is 22.9. The number of aromatic nitrogens is 5. The van der Waals surface area contributed by atoms with Crippen LogP contribution in [-0.4, -0.2) is 24.5 Å². The van der Waals surface area contributed by atoms with Gasteiger partial charge >= 0.3 is 0 Å². The first-order valence-corrected chi connectivity index (χ1v) is 26.2. The zero-order valence-electron chi connectivity index (χ0n) is 44.5. The van der Waals surface area contributed by atoms with E-state index in [4.69, 9.17) is 24.4 Å². The first-order valence-electron chi connectivity index (χ1n) is 26.2. The number of para-hydroxylation sites is 4. The number of allylic oxidation sites excluding steroid dienone is 12. The Morgan fingerprint density at radius 3 is 1.92 bits per heavy atom. The van der Waals surface area contributed by atoms with Crippen LogP contribution in [0.15, 0.2) is 207 Å². The van der Waals surface area contributed by atoms with Crippen LogP contribution >= 0.6 is 0 Å². The Morgan fingerprint density at radius 2 is 1.22 bits per heavy atom. The van der Waals surface area contributed by atoms with Gasteiger partial charge in [-0.05, 0) is 150 Å². The summed E-state index contributed by atoms with van der Waals surface area (Å²) < 4.78 is 8.90. The number of benzene rings is 6. The third-order valence-corrected chi connectivity index (χ3v) is 16.3. The van der Waals surface area contributed by atoms with E-state index >= 15 is 0 Å². The molecule has 3 aromatic heterocycles. The van der Waals surface area contributed by atoms with Crippen molar-refractivity contribution in [2.75, 3.05) is 0 Å². The summed E-state index contributed by atoms with van der Waals surface area (Å²) in [5, 5.41) is 2.08. The van der Waals surface area contributed by atoms with E-state index in [1.807, 2.05) is 24.3 Å². The van der Waals surface area contributed by atoms with Crippen LogP contribution < -0.4 is 0 Å². The van der Waals surface area contributed by atoms with Crippen LogP contribution in [0.25, 0.3) is 89.8 Å². The Morgan fingerprint density at radius 1 is 0.608 bits per heavy atom. The van der Waals surface area contributed by atoms with Crippen LogP contribution in [0, 0.1) is 16.7 Å². The molecule has 1 spiro atoms. The molecule has 6 heteroatoms. The average molecular weight is 966 g/mol. The lowest BCUT2D eigenvalue weighted by Crippen LogP contribution is -2.29. The highest BCUT2D eigenvalue weighted by Crippen LogP contribution is 2.65. The molecule has 1 unspecified atom stereocenters. The van der Waals surface area contributed by atoms with Crippen LogP contribution in [-0.2, 0) is 5.41 Å². The van der Waals surface area contributed by atoms with Gasteiger partial charge in [0.15, 0.2) is 17.5 Å². The molecule has 0 saturated carbocycles. The fourth-order valence-corrected chi connectivity index (χ4v) is 11.3. The molecule has 0 bridgehead atoms. The smallest absolute Gasteiger partial charge is 0.167 e. The standard InChI is InChI=1S/C68H63N5O/c1-40-28-34-49-50-35-31-47(39-57(50)68(56(49)36-40)54(37-41(2)66(6,7)8)43(4)44(5)55(68)38-42(3)67(9,10)11)63-70-62(71-64(72-63)53-24-19-23-52-51-22-15-18-27-60(51)74-61(52)53)45-29-32-48(33-30-45)73-59-26-17-16-25-58(59)69-65(73)46-20-13-12-14-21-46/h12-27,29-40H,28H2,1-11H3/b41-37+,42-38+. The maximum absolute atomic E-state index is 6.67. The molecule has 0 fully saturated rings. The van der Waals surface area contributed by atoms with Crippen molar-refractivity contribution in [1.82, 2.24) is 24.5 Å². The lowest BCUT2D eigenvalue weighted by atomic mass is 9.65. The zero-order valence-corrected chi connectivity index (χ0v) is 44.5. The second kappa shape index (κ2) is 17.3. The molecular formula is C68H63N5O. The van der Waals surface area contributed by atoms with Gasteiger partial charge in [-0.15, -0.1) is 0 Å². The molecule has 0 amide bonds. The van der Waals surface area contributed by atoms with Crippen molar-refractivity contribution in [3.05, 3.63) is 214 Å². The lowest BCUT2D eigenvalue weighted by molar-refractivity contribution is 0.501. The minimum Gasteiger partial charge on any atom is -0.455 e. The summed E-state index contributed by atoms with van der Waals surface area (Å²) in [4.78, 5) is 21.4. The van der Waals surface area contributed by atoms with E-state index in [0.717, 1.165) is 73.2 Å². The molecule has 12 rings (SSSR count). The summed E-state index contributed by atoms with van der Waals surface area (Å²) in [6.07, 6.45) is 11.1. The van der Waals surface area contributed by atoms with E-state index in [1.54, 1.807) is 0 Å². The molecule has 0 aliphatic heterocycles. The Labute approximate surface area is 435 Å². The Balaban J connectivity index is 1.09. The van der Waals surface area contributed by atoms with Gasteiger partial charge < -0.3 is 4.42 Å². The summed E-state index contributed by atoms with van der Waals surface area (Å²) >= 11 is 0. The molecule has 3 heterocycles. The molecule has 6 nitrogen and oxygen atoms in total. The number of nitrogens with zero attached hydrogens (tertiary/aromatic N) is 5. The molecule has 0 radical (unpaired) electrons. The van der Waals surface area contributed by atoms with Gasteiger partial charge in [-0.25, -0.2) is 19.9 Å². The van der Waals surface area contributed by atoms with Gasteiger partial charge in [-0.2, -0.15) is 0 Å². The van der Waals surface area contributed by atoms with Crippen LogP contribution in [0.1, 0.15) is 93.7 Å². The molecular weight excluding hydrogens is 903 g/mol. The first-order chi connectivity index (χ1) is 35.5. The largest absolute Gasteiger partial charge is 0.455 e. The molecule has 1 atom stereocenters. The lowest BCUT2D eigenvalue weighted by Gasteiger charge is -2.36. The minimum absolute atomic E-state index is 0.0200. The molecule has 9 aromatic rings. The highest BCUT2D eigenvalue weighted by atomic mass is 16.3. The Bertz CT molecular complexity index is 3930. The topological polar surface area (TPSA) is 69.6 Å². The predicted molar refractivity (Wildman–Crippen MR) is 307 cm³/mol. The van der Waals surface area contributed by atoms with Gasteiger partial charge in [0.25, 0.3) is 0 Å². The van der Waals surface area contributed by atoms with Crippen molar-refractivity contribution < 1.29 is 4.42 Å². The van der Waals surface area contributed by atoms with E-state index in [-0.39, 0.29) is 10.8 Å². The van der Waals surface area contributed by atoms with Crippen LogP contribution in [0.5, 0.6) is 0 Å². The van der Waals surface area contributed by atoms with E-state index in [2.05, 4.69) is 220 Å². The van der Waals surface area contributed by atoms with E-state index in [1.165, 1.54) is 55.7 Å². The number of rotatable bonds is 7. The van der Waals surface area contributed by atoms with E-state index in [9.17, 15) is 0 Å². The molecule has 0 saturated heterocycles. The van der Waals surface area contributed by atoms with Crippen molar-refractivity contribution >= 4 is 38.5 Å². The molecule has 0 N–H and O–H groups in total. The van der Waals surface area contributed by atoms with E-state index in [0.29, 0.717) is 23.4 Å². The van der Waals surface area contributed by atoms with Crippen LogP contribution in [0.2, 0.25) is 0 Å². The Hall–Kier alpha value is -7.96. The number of hydrogen-bond donors (Lipinski definition) is 0. The highest BCUT2D eigenvalue weighted by molar-refractivity contribution is 6.09.